The van der Waals surface area contributed by atoms with Crippen molar-refractivity contribution in [2.75, 3.05) is 0 Å². The van der Waals surface area contributed by atoms with Crippen molar-refractivity contribution in [1.29, 1.82) is 0 Å². The number of hydrogen-bond donors (Lipinski definition) is 0. The third-order valence-electron chi connectivity index (χ3n) is 13.5. The Morgan fingerprint density at radius 2 is 0.661 bits per heavy atom. The summed E-state index contributed by atoms with van der Waals surface area (Å²) in [6.07, 6.45) is 17.1. The third-order valence-corrected chi connectivity index (χ3v) is 13.5. The molecule has 0 spiro atoms. The highest BCUT2D eigenvalue weighted by Crippen LogP contribution is 2.65. The number of benzene rings is 7. The third kappa shape index (κ3) is 4.96. The van der Waals surface area contributed by atoms with E-state index in [2.05, 4.69) is 196 Å². The van der Waals surface area contributed by atoms with E-state index in [0.29, 0.717) is 0 Å². The Morgan fingerprint density at radius 1 is 0.288 bits per heavy atom. The van der Waals surface area contributed by atoms with Crippen LogP contribution in [0.2, 0.25) is 0 Å². The molecule has 5 aliphatic rings. The molecule has 0 N–H and O–H groups in total. The van der Waals surface area contributed by atoms with Crippen molar-refractivity contribution >= 4 is 46.1 Å². The maximum absolute atomic E-state index is 2.40. The Labute approximate surface area is 347 Å². The lowest BCUT2D eigenvalue weighted by Gasteiger charge is -2.25. The summed E-state index contributed by atoms with van der Waals surface area (Å²) in [6.45, 7) is 4.81. The van der Waals surface area contributed by atoms with Crippen molar-refractivity contribution in [1.82, 2.24) is 0 Å². The molecular weight excluding hydrogens is 709 g/mol. The lowest BCUT2D eigenvalue weighted by molar-refractivity contribution is 1.29. The fourth-order valence-corrected chi connectivity index (χ4v) is 11.0. The highest BCUT2D eigenvalue weighted by Gasteiger charge is 2.44. The van der Waals surface area contributed by atoms with Gasteiger partial charge in [-0.15, -0.1) is 0 Å². The maximum atomic E-state index is 2.40. The van der Waals surface area contributed by atoms with E-state index < -0.39 is 0 Å². The molecule has 5 aliphatic carbocycles. The summed E-state index contributed by atoms with van der Waals surface area (Å²) in [4.78, 5) is 0. The molecule has 0 atom stereocenters. The molecular formula is C59H42. The fourth-order valence-electron chi connectivity index (χ4n) is 11.0. The second-order valence-electron chi connectivity index (χ2n) is 16.6. The van der Waals surface area contributed by atoms with Crippen LogP contribution in [0, 0.1) is 13.8 Å². The summed E-state index contributed by atoms with van der Waals surface area (Å²) in [5.41, 5.74) is 32.1. The van der Waals surface area contributed by atoms with E-state index in [1.165, 1.54) is 134 Å². The average molecular weight is 751 g/mol. The Morgan fingerprint density at radius 3 is 1.10 bits per heavy atom. The van der Waals surface area contributed by atoms with Crippen molar-refractivity contribution < 1.29 is 0 Å². The van der Waals surface area contributed by atoms with Gasteiger partial charge in [-0.05, 0) is 167 Å². The Hall–Kier alpha value is -7.02. The minimum absolute atomic E-state index is 0.962. The monoisotopic (exact) mass is 750 g/mol. The Kier molecular flexibility index (Phi) is 7.66. The molecule has 0 amide bonds. The molecule has 12 rings (SSSR count). The van der Waals surface area contributed by atoms with Gasteiger partial charge in [0.2, 0.25) is 0 Å². The summed E-state index contributed by atoms with van der Waals surface area (Å²) in [7, 11) is 0. The zero-order valence-corrected chi connectivity index (χ0v) is 33.4. The molecule has 0 heterocycles. The van der Waals surface area contributed by atoms with Gasteiger partial charge in [0.05, 0.1) is 0 Å². The van der Waals surface area contributed by atoms with Crippen molar-refractivity contribution in [2.24, 2.45) is 0 Å². The standard InChI is InChI=1S/C59H42/c1-36-50(41-18-6-3-7-19-41)51(42-20-8-4-9-21-42)37(2)53-52(36)55(47-33-15-27-38-24-12-30-44(38)47)59-57(49-35-17-29-40-26-14-32-46(40)49)56(48-34-16-28-39-25-13-31-45(39)48)54(58(53)59)43-22-10-5-11-23-43/h3-23,27-35H,24-26H2,1-2H3. The lowest BCUT2D eigenvalue weighted by atomic mass is 9.78. The Bertz CT molecular complexity index is 3140. The van der Waals surface area contributed by atoms with Gasteiger partial charge >= 0.3 is 0 Å². The molecule has 0 aromatic heterocycles. The minimum Gasteiger partial charge on any atom is -0.0795 e. The molecule has 0 bridgehead atoms. The highest BCUT2D eigenvalue weighted by molar-refractivity contribution is 6.40. The van der Waals surface area contributed by atoms with Crippen LogP contribution in [0.5, 0.6) is 0 Å². The molecule has 59 heavy (non-hydrogen) atoms. The molecule has 0 aliphatic heterocycles. The predicted octanol–water partition coefficient (Wildman–Crippen LogP) is 14.7. The molecule has 278 valence electrons. The van der Waals surface area contributed by atoms with Gasteiger partial charge in [-0.25, -0.2) is 0 Å². The first-order chi connectivity index (χ1) is 29.2. The molecule has 0 heteroatoms. The predicted molar refractivity (Wildman–Crippen MR) is 250 cm³/mol. The first-order valence-electron chi connectivity index (χ1n) is 21.1. The van der Waals surface area contributed by atoms with Crippen LogP contribution in [0.25, 0.3) is 68.3 Å². The second kappa shape index (κ2) is 13.3. The van der Waals surface area contributed by atoms with Crippen LogP contribution >= 0.6 is 0 Å². The van der Waals surface area contributed by atoms with Crippen LogP contribution in [0.1, 0.15) is 77.9 Å². The van der Waals surface area contributed by atoms with Crippen LogP contribution in [0.4, 0.5) is 0 Å². The highest BCUT2D eigenvalue weighted by atomic mass is 14.5. The number of rotatable bonds is 6. The lowest BCUT2D eigenvalue weighted by Crippen LogP contribution is -2.04. The summed E-state index contributed by atoms with van der Waals surface area (Å²) in [5.74, 6) is 0. The van der Waals surface area contributed by atoms with E-state index in [1.807, 2.05) is 0 Å². The van der Waals surface area contributed by atoms with Crippen molar-refractivity contribution in [3.8, 4) is 22.3 Å². The number of fused-ring (bicyclic) bond motifs is 6. The summed E-state index contributed by atoms with van der Waals surface area (Å²) < 4.78 is 0. The van der Waals surface area contributed by atoms with Crippen LogP contribution in [0.3, 0.4) is 0 Å². The van der Waals surface area contributed by atoms with Gasteiger partial charge in [0.1, 0.15) is 0 Å². The molecule has 0 saturated heterocycles. The Balaban J connectivity index is 1.34. The second-order valence-corrected chi connectivity index (χ2v) is 16.6. The van der Waals surface area contributed by atoms with Gasteiger partial charge in [-0.1, -0.05) is 182 Å². The summed E-state index contributed by atoms with van der Waals surface area (Å²) in [6, 6.07) is 54.6. The quantitative estimate of drug-likeness (QED) is 0.159. The summed E-state index contributed by atoms with van der Waals surface area (Å²) in [5, 5.41) is 0. The van der Waals surface area contributed by atoms with Gasteiger partial charge in [0.15, 0.2) is 0 Å². The molecule has 0 unspecified atom stereocenters. The van der Waals surface area contributed by atoms with E-state index in [4.69, 9.17) is 0 Å². The number of allylic oxidation sites excluding steroid dienone is 8. The molecule has 7 aromatic carbocycles. The van der Waals surface area contributed by atoms with Crippen LogP contribution < -0.4 is 0 Å². The largest absolute Gasteiger partial charge is 0.0795 e. The number of hydrogen-bond acceptors (Lipinski definition) is 0. The van der Waals surface area contributed by atoms with Gasteiger partial charge in [-0.3, -0.25) is 0 Å². The zero-order chi connectivity index (χ0) is 39.2. The fraction of sp³-hybridized carbons (Fsp3) is 0.0847. The maximum Gasteiger partial charge on any atom is -0.0000725 e. The van der Waals surface area contributed by atoms with E-state index >= 15 is 0 Å². The van der Waals surface area contributed by atoms with Crippen molar-refractivity contribution in [3.05, 3.63) is 247 Å². The van der Waals surface area contributed by atoms with Crippen LogP contribution in [-0.4, -0.2) is 0 Å². The smallest absolute Gasteiger partial charge is 0.0000725 e. The van der Waals surface area contributed by atoms with E-state index in [-0.39, 0.29) is 0 Å². The molecule has 0 fully saturated rings. The van der Waals surface area contributed by atoms with Gasteiger partial charge in [0, 0.05) is 0 Å². The van der Waals surface area contributed by atoms with E-state index in [0.717, 1.165) is 19.3 Å². The van der Waals surface area contributed by atoms with Gasteiger partial charge in [-0.2, -0.15) is 0 Å². The van der Waals surface area contributed by atoms with Gasteiger partial charge in [0.25, 0.3) is 0 Å². The van der Waals surface area contributed by atoms with E-state index in [1.54, 1.807) is 0 Å². The SMILES string of the molecule is Cc1c2c(c(C)c(-c3ccccc3)c1-c1ccccc1)C(c1cccc3c1C=CC3)=C1C(c3cccc4c3C=CC4)=C(c3cccc4c3C=CC4)C(c3ccccc3)=C12. The van der Waals surface area contributed by atoms with Gasteiger partial charge < -0.3 is 0 Å². The van der Waals surface area contributed by atoms with Crippen LogP contribution in [0.15, 0.2) is 169 Å². The first kappa shape index (κ1) is 34.1. The molecule has 0 radical (unpaired) electrons. The first-order valence-corrected chi connectivity index (χ1v) is 21.1. The van der Waals surface area contributed by atoms with Crippen molar-refractivity contribution in [3.63, 3.8) is 0 Å². The van der Waals surface area contributed by atoms with Crippen LogP contribution in [-0.2, 0) is 19.3 Å². The topological polar surface area (TPSA) is 0 Å². The molecule has 7 aromatic rings. The molecule has 0 nitrogen and oxygen atoms in total. The zero-order valence-electron chi connectivity index (χ0n) is 33.4. The molecule has 0 saturated carbocycles. The normalized spacial score (nSPS) is 15.4. The summed E-state index contributed by atoms with van der Waals surface area (Å²) >= 11 is 0. The minimum atomic E-state index is 0.962. The average Bonchev–Trinajstić information content (AvgIpc) is 4.14. The van der Waals surface area contributed by atoms with Crippen molar-refractivity contribution in [2.45, 2.75) is 33.1 Å². The van der Waals surface area contributed by atoms with E-state index in [9.17, 15) is 0 Å².